The summed E-state index contributed by atoms with van der Waals surface area (Å²) in [7, 11) is 1.82. The van der Waals surface area contributed by atoms with Gasteiger partial charge in [-0.15, -0.1) is 0 Å². The van der Waals surface area contributed by atoms with Crippen molar-refractivity contribution in [1.82, 2.24) is 4.57 Å². The first-order valence-electron chi connectivity index (χ1n) is 2.81. The molecule has 0 fully saturated rings. The number of aryl methyl sites for hydroxylation is 1. The van der Waals surface area contributed by atoms with Crippen LogP contribution in [-0.2, 0) is 7.05 Å². The molecule has 0 saturated heterocycles. The summed E-state index contributed by atoms with van der Waals surface area (Å²) in [5.74, 6) is 0. The number of pyridine rings is 1. The average molecular weight is 150 g/mol. The van der Waals surface area contributed by atoms with E-state index in [4.69, 9.17) is 17.5 Å². The Morgan fingerprint density at radius 1 is 1.70 bits per heavy atom. The molecule has 1 aromatic heterocycles. The first-order chi connectivity index (χ1) is 4.75. The van der Waals surface area contributed by atoms with Gasteiger partial charge in [-0.25, -0.2) is 0 Å². The Labute approximate surface area is 64.3 Å². The molecule has 0 aliphatic heterocycles. The molecule has 3 heteroatoms. The van der Waals surface area contributed by atoms with Gasteiger partial charge >= 0.3 is 0 Å². The Bertz CT molecular complexity index is 332. The Balaban J connectivity index is 3.47. The molecule has 1 rings (SSSR count). The molecular formula is C7H6N2S. The lowest BCUT2D eigenvalue weighted by atomic mass is 10.3. The summed E-state index contributed by atoms with van der Waals surface area (Å²) in [6.07, 6.45) is 1.82. The van der Waals surface area contributed by atoms with Gasteiger partial charge in [-0.3, -0.25) is 0 Å². The van der Waals surface area contributed by atoms with E-state index in [1.165, 1.54) is 0 Å². The summed E-state index contributed by atoms with van der Waals surface area (Å²) in [5.41, 5.74) is 0.556. The van der Waals surface area contributed by atoms with Crippen molar-refractivity contribution in [2.24, 2.45) is 7.05 Å². The minimum atomic E-state index is 0.556. The van der Waals surface area contributed by atoms with Crippen molar-refractivity contribution >= 4 is 12.2 Å². The van der Waals surface area contributed by atoms with Crippen LogP contribution in [0.5, 0.6) is 0 Å². The lowest BCUT2D eigenvalue weighted by Gasteiger charge is -1.96. The molecular weight excluding hydrogens is 144 g/mol. The average Bonchev–Trinajstić information content (AvgIpc) is 1.95. The molecule has 0 aliphatic carbocycles. The summed E-state index contributed by atoms with van der Waals surface area (Å²) >= 11 is 4.93. The first kappa shape index (κ1) is 6.97. The van der Waals surface area contributed by atoms with Gasteiger partial charge < -0.3 is 4.57 Å². The van der Waals surface area contributed by atoms with Crippen LogP contribution in [-0.4, -0.2) is 4.57 Å². The van der Waals surface area contributed by atoms with Crippen LogP contribution in [0.1, 0.15) is 5.56 Å². The van der Waals surface area contributed by atoms with Crippen molar-refractivity contribution < 1.29 is 0 Å². The smallest absolute Gasteiger partial charge is 0.123 e. The van der Waals surface area contributed by atoms with Crippen molar-refractivity contribution in [1.29, 1.82) is 5.26 Å². The fraction of sp³-hybridized carbons (Fsp3) is 0.143. The van der Waals surface area contributed by atoms with Gasteiger partial charge in [-0.1, -0.05) is 12.2 Å². The van der Waals surface area contributed by atoms with Gasteiger partial charge in [0.25, 0.3) is 0 Å². The maximum atomic E-state index is 8.51. The third kappa shape index (κ3) is 1.07. The molecule has 1 heterocycles. The minimum absolute atomic E-state index is 0.556. The largest absolute Gasteiger partial charge is 0.341 e. The first-order valence-corrected chi connectivity index (χ1v) is 3.22. The number of aromatic nitrogens is 1. The summed E-state index contributed by atoms with van der Waals surface area (Å²) in [6.45, 7) is 0. The van der Waals surface area contributed by atoms with Crippen molar-refractivity contribution in [3.8, 4) is 6.07 Å². The Hall–Kier alpha value is -1.14. The third-order valence-electron chi connectivity index (χ3n) is 1.24. The maximum absolute atomic E-state index is 8.51. The van der Waals surface area contributed by atoms with Crippen LogP contribution in [0, 0.1) is 16.0 Å². The summed E-state index contributed by atoms with van der Waals surface area (Å²) in [5, 5.41) is 8.51. The molecule has 2 nitrogen and oxygen atoms in total. The molecule has 50 valence electrons. The van der Waals surface area contributed by atoms with Gasteiger partial charge in [-0.05, 0) is 12.1 Å². The highest BCUT2D eigenvalue weighted by atomic mass is 32.1. The summed E-state index contributed by atoms with van der Waals surface area (Å²) in [4.78, 5) is 0. The molecule has 0 unspecified atom stereocenters. The quantitative estimate of drug-likeness (QED) is 0.526. The third-order valence-corrected chi connectivity index (χ3v) is 1.75. The van der Waals surface area contributed by atoms with E-state index in [0.717, 1.165) is 0 Å². The predicted octanol–water partition coefficient (Wildman–Crippen LogP) is 1.63. The topological polar surface area (TPSA) is 28.7 Å². The van der Waals surface area contributed by atoms with Crippen LogP contribution in [0.3, 0.4) is 0 Å². The molecule has 0 aliphatic rings. The normalized spacial score (nSPS) is 8.80. The fourth-order valence-electron chi connectivity index (χ4n) is 0.682. The molecule has 10 heavy (non-hydrogen) atoms. The summed E-state index contributed by atoms with van der Waals surface area (Å²) in [6, 6.07) is 5.52. The van der Waals surface area contributed by atoms with Crippen LogP contribution in [0.4, 0.5) is 0 Å². The molecule has 0 N–H and O–H groups in total. The van der Waals surface area contributed by atoms with E-state index in [-0.39, 0.29) is 0 Å². The highest BCUT2D eigenvalue weighted by Crippen LogP contribution is 1.98. The van der Waals surface area contributed by atoms with Crippen molar-refractivity contribution in [3.63, 3.8) is 0 Å². The van der Waals surface area contributed by atoms with E-state index in [9.17, 15) is 0 Å². The van der Waals surface area contributed by atoms with E-state index in [2.05, 4.69) is 0 Å². The van der Waals surface area contributed by atoms with Gasteiger partial charge in [0.1, 0.15) is 10.7 Å². The Kier molecular flexibility index (Phi) is 1.83. The fourth-order valence-corrected chi connectivity index (χ4v) is 0.857. The lowest BCUT2D eigenvalue weighted by Crippen LogP contribution is -1.92. The van der Waals surface area contributed by atoms with E-state index in [0.29, 0.717) is 10.2 Å². The molecule has 0 spiro atoms. The van der Waals surface area contributed by atoms with E-state index in [1.807, 2.05) is 19.3 Å². The van der Waals surface area contributed by atoms with Gasteiger partial charge in [-0.2, -0.15) is 5.26 Å². The van der Waals surface area contributed by atoms with Crippen LogP contribution in [0.15, 0.2) is 18.3 Å². The molecule has 0 atom stereocenters. The number of nitrogens with zero attached hydrogens (tertiary/aromatic N) is 2. The van der Waals surface area contributed by atoms with Crippen LogP contribution < -0.4 is 0 Å². The van der Waals surface area contributed by atoms with Gasteiger partial charge in [0.15, 0.2) is 0 Å². The Morgan fingerprint density at radius 2 is 2.40 bits per heavy atom. The molecule has 0 amide bonds. The van der Waals surface area contributed by atoms with E-state index >= 15 is 0 Å². The van der Waals surface area contributed by atoms with E-state index in [1.54, 1.807) is 16.7 Å². The molecule has 0 saturated carbocycles. The second-order valence-corrected chi connectivity index (χ2v) is 2.34. The second-order valence-electron chi connectivity index (χ2n) is 1.95. The zero-order valence-corrected chi connectivity index (χ0v) is 6.35. The number of nitriles is 1. The minimum Gasteiger partial charge on any atom is -0.341 e. The van der Waals surface area contributed by atoms with Crippen molar-refractivity contribution in [2.75, 3.05) is 0 Å². The van der Waals surface area contributed by atoms with Crippen molar-refractivity contribution in [2.45, 2.75) is 0 Å². The highest BCUT2D eigenvalue weighted by Gasteiger charge is 1.91. The highest BCUT2D eigenvalue weighted by molar-refractivity contribution is 7.71. The van der Waals surface area contributed by atoms with Gasteiger partial charge in [0.05, 0.1) is 5.56 Å². The summed E-state index contributed by atoms with van der Waals surface area (Å²) < 4.78 is 2.33. The monoisotopic (exact) mass is 150 g/mol. The van der Waals surface area contributed by atoms with Crippen LogP contribution in [0.25, 0.3) is 0 Å². The van der Waals surface area contributed by atoms with Crippen LogP contribution in [0.2, 0.25) is 0 Å². The zero-order valence-electron chi connectivity index (χ0n) is 5.53. The van der Waals surface area contributed by atoms with Crippen molar-refractivity contribution in [3.05, 3.63) is 28.5 Å². The number of hydrogen-bond donors (Lipinski definition) is 0. The zero-order chi connectivity index (χ0) is 7.56. The molecule has 0 radical (unpaired) electrons. The predicted molar refractivity (Wildman–Crippen MR) is 41.0 cm³/mol. The SMILES string of the molecule is Cn1cccc(C#N)c1=S. The molecule has 0 aromatic carbocycles. The Morgan fingerprint density at radius 3 is 2.90 bits per heavy atom. The van der Waals surface area contributed by atoms with Gasteiger partial charge in [0, 0.05) is 13.2 Å². The number of hydrogen-bond acceptors (Lipinski definition) is 2. The van der Waals surface area contributed by atoms with Crippen LogP contribution >= 0.6 is 12.2 Å². The second kappa shape index (κ2) is 2.63. The lowest BCUT2D eigenvalue weighted by molar-refractivity contribution is 0.883. The molecule has 1 aromatic rings. The van der Waals surface area contributed by atoms with Gasteiger partial charge in [0.2, 0.25) is 0 Å². The number of rotatable bonds is 0. The molecule has 0 bridgehead atoms. The standard InChI is InChI=1S/C7H6N2S/c1-9-4-2-3-6(5-8)7(9)10/h2-4H,1H3. The maximum Gasteiger partial charge on any atom is 0.123 e. The van der Waals surface area contributed by atoms with E-state index < -0.39 is 0 Å².